The van der Waals surface area contributed by atoms with Gasteiger partial charge in [0, 0.05) is 13.1 Å². The number of rotatable bonds is 3. The van der Waals surface area contributed by atoms with E-state index >= 15 is 0 Å². The molecular formula is C12H12N3O2. The Morgan fingerprint density at radius 3 is 2.88 bits per heavy atom. The van der Waals surface area contributed by atoms with Crippen molar-refractivity contribution in [1.29, 1.82) is 0 Å². The van der Waals surface area contributed by atoms with Gasteiger partial charge in [0.2, 0.25) is 0 Å². The molecule has 5 nitrogen and oxygen atoms in total. The zero-order valence-electron chi connectivity index (χ0n) is 9.38. The molecule has 1 radical (unpaired) electrons. The van der Waals surface area contributed by atoms with Crippen molar-refractivity contribution < 1.29 is 9.53 Å². The van der Waals surface area contributed by atoms with Crippen molar-refractivity contribution >= 4 is 11.9 Å². The van der Waals surface area contributed by atoms with E-state index in [1.807, 2.05) is 30.3 Å². The van der Waals surface area contributed by atoms with Gasteiger partial charge < -0.3 is 4.74 Å². The first-order valence-corrected chi connectivity index (χ1v) is 5.13. The molecule has 1 aromatic heterocycles. The lowest BCUT2D eigenvalue weighted by molar-refractivity contribution is 0.155. The molecule has 1 amide bonds. The van der Waals surface area contributed by atoms with Gasteiger partial charge in [0.05, 0.1) is 6.20 Å². The molecule has 0 aliphatic carbocycles. The van der Waals surface area contributed by atoms with E-state index in [9.17, 15) is 4.79 Å². The summed E-state index contributed by atoms with van der Waals surface area (Å²) in [6.45, 7) is 0.239. The quantitative estimate of drug-likeness (QED) is 0.877. The Labute approximate surface area is 99.0 Å². The second-order valence-electron chi connectivity index (χ2n) is 3.47. The van der Waals surface area contributed by atoms with E-state index in [-0.39, 0.29) is 6.61 Å². The molecule has 5 heteroatoms. The highest BCUT2D eigenvalue weighted by Crippen LogP contribution is 2.04. The van der Waals surface area contributed by atoms with Crippen LogP contribution in [-0.4, -0.2) is 15.9 Å². The monoisotopic (exact) mass is 230 g/mol. The van der Waals surface area contributed by atoms with Crippen molar-refractivity contribution in [3.05, 3.63) is 48.2 Å². The fourth-order valence-corrected chi connectivity index (χ4v) is 1.30. The van der Waals surface area contributed by atoms with Gasteiger partial charge in [-0.2, -0.15) is 5.10 Å². The van der Waals surface area contributed by atoms with Crippen LogP contribution in [-0.2, 0) is 18.4 Å². The van der Waals surface area contributed by atoms with Crippen molar-refractivity contribution in [3.8, 4) is 0 Å². The average molecular weight is 230 g/mol. The fourth-order valence-electron chi connectivity index (χ4n) is 1.30. The number of amides is 1. The number of aromatic nitrogens is 2. The molecule has 1 heterocycles. The highest BCUT2D eigenvalue weighted by Gasteiger charge is 2.05. The zero-order valence-corrected chi connectivity index (χ0v) is 9.38. The second kappa shape index (κ2) is 5.16. The number of carbonyl (C=O) groups is 1. The van der Waals surface area contributed by atoms with Crippen molar-refractivity contribution in [2.75, 3.05) is 5.32 Å². The Morgan fingerprint density at radius 1 is 1.47 bits per heavy atom. The Balaban J connectivity index is 1.82. The Hall–Kier alpha value is -2.30. The van der Waals surface area contributed by atoms with Gasteiger partial charge in [-0.3, -0.25) is 10.00 Å². The van der Waals surface area contributed by atoms with Crippen LogP contribution in [0.2, 0.25) is 0 Å². The van der Waals surface area contributed by atoms with Crippen LogP contribution in [0.1, 0.15) is 5.56 Å². The number of aryl methyl sites for hydroxylation is 1. The second-order valence-corrected chi connectivity index (χ2v) is 3.47. The van der Waals surface area contributed by atoms with Gasteiger partial charge >= 0.3 is 6.09 Å². The van der Waals surface area contributed by atoms with Crippen molar-refractivity contribution in [1.82, 2.24) is 9.78 Å². The Bertz CT molecular complexity index is 493. The molecule has 0 saturated carbocycles. The van der Waals surface area contributed by atoms with Crippen LogP contribution in [0.15, 0.2) is 36.4 Å². The summed E-state index contributed by atoms with van der Waals surface area (Å²) in [6, 6.07) is 11.1. The molecule has 2 aromatic rings. The minimum Gasteiger partial charge on any atom is -0.444 e. The first-order chi connectivity index (χ1) is 8.24. The van der Waals surface area contributed by atoms with E-state index < -0.39 is 6.09 Å². The molecule has 0 aliphatic heterocycles. The first-order valence-electron chi connectivity index (χ1n) is 5.13. The van der Waals surface area contributed by atoms with E-state index in [4.69, 9.17) is 4.74 Å². The molecule has 0 fully saturated rings. The maximum atomic E-state index is 11.4. The van der Waals surface area contributed by atoms with E-state index in [0.29, 0.717) is 5.82 Å². The van der Waals surface area contributed by atoms with E-state index in [1.165, 1.54) is 4.68 Å². The SMILES string of the molecule is Cn1[c]cc(NC(=O)OCc2ccccc2)n1. The molecule has 0 unspecified atom stereocenters. The lowest BCUT2D eigenvalue weighted by atomic mass is 10.2. The smallest absolute Gasteiger partial charge is 0.413 e. The Morgan fingerprint density at radius 2 is 2.24 bits per heavy atom. The standard InChI is InChI=1S/C12H12N3O2/c1-15-8-7-11(14-15)13-12(16)17-9-10-5-3-2-4-6-10/h2-7H,9H2,1H3,(H,13,14,16). The average Bonchev–Trinajstić information content (AvgIpc) is 2.73. The van der Waals surface area contributed by atoms with Gasteiger partial charge in [0.1, 0.15) is 6.61 Å². The number of benzene rings is 1. The van der Waals surface area contributed by atoms with Gasteiger partial charge in [0.25, 0.3) is 0 Å². The van der Waals surface area contributed by atoms with Crippen molar-refractivity contribution in [2.24, 2.45) is 7.05 Å². The summed E-state index contributed by atoms with van der Waals surface area (Å²) in [7, 11) is 1.72. The van der Waals surface area contributed by atoms with Crippen LogP contribution >= 0.6 is 0 Å². The number of anilines is 1. The molecule has 0 bridgehead atoms. The fraction of sp³-hybridized carbons (Fsp3) is 0.167. The normalized spacial score (nSPS) is 9.94. The summed E-state index contributed by atoms with van der Waals surface area (Å²) in [4.78, 5) is 11.4. The zero-order chi connectivity index (χ0) is 12.1. The highest BCUT2D eigenvalue weighted by atomic mass is 16.5. The van der Waals surface area contributed by atoms with E-state index in [1.54, 1.807) is 13.1 Å². The number of nitrogens with one attached hydrogen (secondary N) is 1. The third-order valence-electron chi connectivity index (χ3n) is 2.09. The van der Waals surface area contributed by atoms with Crippen LogP contribution in [0.5, 0.6) is 0 Å². The third kappa shape index (κ3) is 3.34. The predicted molar refractivity (Wildman–Crippen MR) is 62.3 cm³/mol. The molecule has 0 spiro atoms. The number of hydrogen-bond acceptors (Lipinski definition) is 3. The largest absolute Gasteiger partial charge is 0.444 e. The molecule has 0 atom stereocenters. The lowest BCUT2D eigenvalue weighted by Crippen LogP contribution is -2.14. The van der Waals surface area contributed by atoms with Crippen molar-refractivity contribution in [2.45, 2.75) is 6.61 Å². The number of hydrogen-bond donors (Lipinski definition) is 1. The number of nitrogens with zero attached hydrogens (tertiary/aromatic N) is 2. The summed E-state index contributed by atoms with van der Waals surface area (Å²) >= 11 is 0. The first kappa shape index (κ1) is 11.2. The summed E-state index contributed by atoms with van der Waals surface area (Å²) in [5.41, 5.74) is 0.940. The summed E-state index contributed by atoms with van der Waals surface area (Å²) in [5.74, 6) is 0.422. The molecule has 1 N–H and O–H groups in total. The molecule has 87 valence electrons. The summed E-state index contributed by atoms with van der Waals surface area (Å²) in [6.07, 6.45) is 2.26. The highest BCUT2D eigenvalue weighted by molar-refractivity contribution is 5.83. The van der Waals surface area contributed by atoms with Gasteiger partial charge in [0.15, 0.2) is 5.82 Å². The predicted octanol–water partition coefficient (Wildman–Crippen LogP) is 1.97. The van der Waals surface area contributed by atoms with Gasteiger partial charge in [-0.1, -0.05) is 30.3 Å². The van der Waals surface area contributed by atoms with Crippen LogP contribution < -0.4 is 5.32 Å². The molecule has 2 rings (SSSR count). The minimum atomic E-state index is -0.527. The van der Waals surface area contributed by atoms with Crippen LogP contribution in [0.25, 0.3) is 0 Å². The summed E-state index contributed by atoms with van der Waals surface area (Å²) in [5, 5.41) is 6.46. The molecule has 17 heavy (non-hydrogen) atoms. The van der Waals surface area contributed by atoms with Crippen LogP contribution in [0, 0.1) is 6.20 Å². The van der Waals surface area contributed by atoms with Gasteiger partial charge in [-0.15, -0.1) is 0 Å². The molecule has 0 saturated heterocycles. The molecule has 0 aliphatic rings. The number of ether oxygens (including phenoxy) is 1. The maximum absolute atomic E-state index is 11.4. The molecule has 1 aromatic carbocycles. The third-order valence-corrected chi connectivity index (χ3v) is 2.09. The van der Waals surface area contributed by atoms with Crippen LogP contribution in [0.4, 0.5) is 10.6 Å². The van der Waals surface area contributed by atoms with Crippen molar-refractivity contribution in [3.63, 3.8) is 0 Å². The van der Waals surface area contributed by atoms with E-state index in [0.717, 1.165) is 5.56 Å². The minimum absolute atomic E-state index is 0.239. The van der Waals surface area contributed by atoms with Gasteiger partial charge in [-0.25, -0.2) is 4.79 Å². The summed E-state index contributed by atoms with van der Waals surface area (Å²) < 4.78 is 6.51. The number of carbonyl (C=O) groups excluding carboxylic acids is 1. The molecular weight excluding hydrogens is 218 g/mol. The van der Waals surface area contributed by atoms with E-state index in [2.05, 4.69) is 16.6 Å². The topological polar surface area (TPSA) is 56.2 Å². The lowest BCUT2D eigenvalue weighted by Gasteiger charge is -2.04. The van der Waals surface area contributed by atoms with Gasteiger partial charge in [-0.05, 0) is 5.56 Å². The maximum Gasteiger partial charge on any atom is 0.413 e. The Kier molecular flexibility index (Phi) is 3.40. The van der Waals surface area contributed by atoms with Crippen LogP contribution in [0.3, 0.4) is 0 Å².